The summed E-state index contributed by atoms with van der Waals surface area (Å²) in [6, 6.07) is 0.180. The maximum atomic E-state index is 12.0. The molecular weight excluding hydrogens is 558 g/mol. The zero-order chi connectivity index (χ0) is 30.3. The number of aromatic nitrogens is 4. The summed E-state index contributed by atoms with van der Waals surface area (Å²) in [6.07, 6.45) is 12.4. The quantitative estimate of drug-likeness (QED) is 0.228. The van der Waals surface area contributed by atoms with E-state index in [1.54, 1.807) is 11.1 Å². The van der Waals surface area contributed by atoms with Gasteiger partial charge >= 0.3 is 12.2 Å². The fraction of sp³-hybridized carbons (Fsp3) is 0.700. The number of rotatable bonds is 13. The van der Waals surface area contributed by atoms with Crippen LogP contribution >= 0.6 is 11.6 Å². The Bertz CT molecular complexity index is 1200. The van der Waals surface area contributed by atoms with Crippen LogP contribution in [0.4, 0.5) is 15.5 Å². The molecule has 3 N–H and O–H groups in total. The number of alkyl carbamates (subject to hydrolysis) is 1. The van der Waals surface area contributed by atoms with E-state index in [1.807, 2.05) is 38.7 Å². The number of hydrogen-bond donors (Lipinski definition) is 3. The Hall–Kier alpha value is -3.08. The number of unbranched alkanes of at least 4 members (excludes halogenated alkanes) is 3. The van der Waals surface area contributed by atoms with Crippen LogP contribution in [-0.2, 0) is 18.2 Å². The number of amides is 2. The molecular formula is C30H46ClN7O4. The average molecular weight is 604 g/mol. The van der Waals surface area contributed by atoms with Crippen molar-refractivity contribution < 1.29 is 19.4 Å². The first-order chi connectivity index (χ1) is 20.0. The normalized spacial score (nSPS) is 18.9. The van der Waals surface area contributed by atoms with Crippen molar-refractivity contribution in [3.05, 3.63) is 23.1 Å². The molecule has 4 rings (SSSR count). The number of carbonyl (C=O) groups excluding carboxylic acids is 1. The van der Waals surface area contributed by atoms with Gasteiger partial charge < -0.3 is 25.4 Å². The molecule has 0 aliphatic heterocycles. The van der Waals surface area contributed by atoms with E-state index >= 15 is 0 Å². The first-order valence-corrected chi connectivity index (χ1v) is 15.6. The molecule has 12 heteroatoms. The molecule has 2 aromatic heterocycles. The predicted octanol–water partition coefficient (Wildman–Crippen LogP) is 6.27. The lowest BCUT2D eigenvalue weighted by Crippen LogP contribution is -2.44. The maximum absolute atomic E-state index is 12.0. The van der Waals surface area contributed by atoms with Crippen LogP contribution in [-0.4, -0.2) is 72.7 Å². The number of nitrogens with one attached hydrogen (secondary N) is 2. The van der Waals surface area contributed by atoms with E-state index in [1.165, 1.54) is 12.8 Å². The van der Waals surface area contributed by atoms with Gasteiger partial charge in [0.1, 0.15) is 5.60 Å². The van der Waals surface area contributed by atoms with Crippen molar-refractivity contribution >= 4 is 29.7 Å². The lowest BCUT2D eigenvalue weighted by Gasteiger charge is -2.35. The van der Waals surface area contributed by atoms with Crippen molar-refractivity contribution in [1.29, 1.82) is 0 Å². The Morgan fingerprint density at radius 1 is 1.10 bits per heavy atom. The van der Waals surface area contributed by atoms with Crippen molar-refractivity contribution in [2.24, 2.45) is 13.0 Å². The third-order valence-corrected chi connectivity index (χ3v) is 8.23. The summed E-state index contributed by atoms with van der Waals surface area (Å²) < 4.78 is 7.15. The number of carbonyl (C=O) groups is 2. The maximum Gasteiger partial charge on any atom is 0.407 e. The predicted molar refractivity (Wildman–Crippen MR) is 163 cm³/mol. The van der Waals surface area contributed by atoms with Gasteiger partial charge in [0.15, 0.2) is 0 Å². The molecule has 2 aromatic rings. The van der Waals surface area contributed by atoms with Crippen molar-refractivity contribution in [1.82, 2.24) is 30.0 Å². The molecule has 2 aliphatic rings. The highest BCUT2D eigenvalue weighted by atomic mass is 35.5. The van der Waals surface area contributed by atoms with Gasteiger partial charge in [-0.2, -0.15) is 5.10 Å². The lowest BCUT2D eigenvalue weighted by atomic mass is 9.90. The smallest absolute Gasteiger partial charge is 0.407 e. The lowest BCUT2D eigenvalue weighted by molar-refractivity contribution is 0.0526. The topological polar surface area (TPSA) is 135 Å². The molecule has 11 nitrogen and oxygen atoms in total. The Kier molecular flexibility index (Phi) is 10.9. The molecule has 0 atom stereocenters. The number of hydrogen-bond acceptors (Lipinski definition) is 7. The summed E-state index contributed by atoms with van der Waals surface area (Å²) in [4.78, 5) is 34.6. The summed E-state index contributed by atoms with van der Waals surface area (Å²) in [5, 5.41) is 21.1. The minimum atomic E-state index is -0.859. The van der Waals surface area contributed by atoms with Crippen LogP contribution in [0.3, 0.4) is 0 Å². The molecule has 0 radical (unpaired) electrons. The summed E-state index contributed by atoms with van der Waals surface area (Å²) in [6.45, 7) is 6.58. The standard InChI is InChI=1S/C30H46ClN7O4/c1-30(2,3)42-28(39)32-15-7-5-6-8-16-38(29(40)41)22-13-11-21(12-14-22)35-27-33-19-24(31)26(36-27)23-18-34-37(4)25(23)17-20-9-10-20/h18-22H,5-17H2,1-4H3,(H,32,39)(H,40,41)(H,33,35,36). The van der Waals surface area contributed by atoms with Crippen LogP contribution in [0.2, 0.25) is 5.02 Å². The van der Waals surface area contributed by atoms with Crippen LogP contribution in [0.25, 0.3) is 11.3 Å². The summed E-state index contributed by atoms with van der Waals surface area (Å²) in [7, 11) is 1.96. The SMILES string of the molecule is Cn1ncc(-c2nc(NC3CCC(N(CCCCCCNC(=O)OC(C)(C)C)C(=O)O)CC3)ncc2Cl)c1CC1CC1. The van der Waals surface area contributed by atoms with Gasteiger partial charge in [-0.05, 0) is 84.5 Å². The fourth-order valence-electron chi connectivity index (χ4n) is 5.54. The van der Waals surface area contributed by atoms with E-state index in [-0.39, 0.29) is 12.1 Å². The van der Waals surface area contributed by atoms with Crippen LogP contribution in [0.1, 0.15) is 90.7 Å². The first-order valence-electron chi connectivity index (χ1n) is 15.3. The molecule has 0 aromatic carbocycles. The monoisotopic (exact) mass is 603 g/mol. The first kappa shape index (κ1) is 31.8. The van der Waals surface area contributed by atoms with E-state index in [4.69, 9.17) is 21.3 Å². The molecule has 0 saturated heterocycles. The molecule has 0 spiro atoms. The minimum absolute atomic E-state index is 0.0106. The van der Waals surface area contributed by atoms with Gasteiger partial charge in [-0.3, -0.25) is 4.68 Å². The van der Waals surface area contributed by atoms with Crippen LogP contribution < -0.4 is 10.6 Å². The van der Waals surface area contributed by atoms with Crippen molar-refractivity contribution in [3.63, 3.8) is 0 Å². The van der Waals surface area contributed by atoms with E-state index in [2.05, 4.69) is 20.7 Å². The molecule has 0 unspecified atom stereocenters. The number of halogens is 1. The Labute approximate surface area is 253 Å². The Balaban J connectivity index is 1.21. The molecule has 2 aliphatic carbocycles. The minimum Gasteiger partial charge on any atom is -0.465 e. The van der Waals surface area contributed by atoms with E-state index < -0.39 is 17.8 Å². The van der Waals surface area contributed by atoms with E-state index in [9.17, 15) is 14.7 Å². The van der Waals surface area contributed by atoms with E-state index in [0.29, 0.717) is 35.7 Å². The highest BCUT2D eigenvalue weighted by Gasteiger charge is 2.30. The molecule has 2 heterocycles. The second kappa shape index (κ2) is 14.4. The van der Waals surface area contributed by atoms with Gasteiger partial charge in [-0.15, -0.1) is 0 Å². The summed E-state index contributed by atoms with van der Waals surface area (Å²) >= 11 is 6.53. The highest BCUT2D eigenvalue weighted by Crippen LogP contribution is 2.37. The Morgan fingerprint density at radius 2 is 1.81 bits per heavy atom. The molecule has 2 amide bonds. The van der Waals surface area contributed by atoms with Crippen LogP contribution in [0.5, 0.6) is 0 Å². The Morgan fingerprint density at radius 3 is 2.48 bits per heavy atom. The number of nitrogens with zero attached hydrogens (tertiary/aromatic N) is 5. The van der Waals surface area contributed by atoms with Crippen molar-refractivity contribution in [3.8, 4) is 11.3 Å². The number of carboxylic acid groups (broad SMARTS) is 1. The second-order valence-corrected chi connectivity index (χ2v) is 13.0. The number of ether oxygens (including phenoxy) is 1. The largest absolute Gasteiger partial charge is 0.465 e. The summed E-state index contributed by atoms with van der Waals surface area (Å²) in [5.74, 6) is 1.25. The van der Waals surface area contributed by atoms with Gasteiger partial charge in [-0.1, -0.05) is 24.4 Å². The van der Waals surface area contributed by atoms with Crippen LogP contribution in [0, 0.1) is 5.92 Å². The van der Waals surface area contributed by atoms with Crippen molar-refractivity contribution in [2.75, 3.05) is 18.4 Å². The zero-order valence-electron chi connectivity index (χ0n) is 25.4. The van der Waals surface area contributed by atoms with Crippen molar-refractivity contribution in [2.45, 2.75) is 109 Å². The van der Waals surface area contributed by atoms with Gasteiger partial charge in [0.2, 0.25) is 5.95 Å². The number of aryl methyl sites for hydroxylation is 1. The van der Waals surface area contributed by atoms with Gasteiger partial charge in [0.25, 0.3) is 0 Å². The molecule has 2 saturated carbocycles. The fourth-order valence-corrected chi connectivity index (χ4v) is 5.73. The van der Waals surface area contributed by atoms with Gasteiger partial charge in [0, 0.05) is 43.5 Å². The zero-order valence-corrected chi connectivity index (χ0v) is 26.1. The third kappa shape index (κ3) is 9.47. The molecule has 2 fully saturated rings. The third-order valence-electron chi connectivity index (χ3n) is 7.95. The van der Waals surface area contributed by atoms with Crippen LogP contribution in [0.15, 0.2) is 12.4 Å². The molecule has 232 valence electrons. The van der Waals surface area contributed by atoms with E-state index in [0.717, 1.165) is 69.0 Å². The van der Waals surface area contributed by atoms with Gasteiger partial charge in [0.05, 0.1) is 23.1 Å². The molecule has 0 bridgehead atoms. The van der Waals surface area contributed by atoms with Gasteiger partial charge in [-0.25, -0.2) is 19.6 Å². The summed E-state index contributed by atoms with van der Waals surface area (Å²) in [5.41, 5.74) is 2.30. The second-order valence-electron chi connectivity index (χ2n) is 12.6. The number of anilines is 1. The average Bonchev–Trinajstić information content (AvgIpc) is 3.67. The highest BCUT2D eigenvalue weighted by molar-refractivity contribution is 6.32. The molecule has 42 heavy (non-hydrogen) atoms.